The van der Waals surface area contributed by atoms with Crippen LogP contribution in [0.4, 0.5) is 0 Å². The zero-order valence-electron chi connectivity index (χ0n) is 13.8. The molecule has 2 heterocycles. The van der Waals surface area contributed by atoms with Crippen LogP contribution in [0.15, 0.2) is 48.8 Å². The van der Waals surface area contributed by atoms with E-state index in [0.29, 0.717) is 13.1 Å². The Labute approximate surface area is 142 Å². The number of nitrogens with zero attached hydrogens (tertiary/aromatic N) is 3. The number of carboxylic acids is 1. The van der Waals surface area contributed by atoms with Crippen LogP contribution in [-0.4, -0.2) is 58.7 Å². The third kappa shape index (κ3) is 7.30. The Morgan fingerprint density at radius 2 is 1.62 bits per heavy atom. The van der Waals surface area contributed by atoms with Crippen LogP contribution in [0.1, 0.15) is 11.4 Å². The molecule has 2 N–H and O–H groups in total. The second-order valence-corrected chi connectivity index (χ2v) is 5.56. The summed E-state index contributed by atoms with van der Waals surface area (Å²) in [6.45, 7) is 3.02. The quantitative estimate of drug-likeness (QED) is 0.604. The standard InChI is InChI=1S/C18H24N4O2/c23-18(24)15-22(13-8-17-6-2-4-10-21-17)14-12-19-11-7-16-5-1-3-9-20-16/h1-6,9-10,19H,7-8,11-15H2,(H,23,24). The van der Waals surface area contributed by atoms with Crippen molar-refractivity contribution in [3.05, 3.63) is 60.2 Å². The fourth-order valence-corrected chi connectivity index (χ4v) is 2.40. The highest BCUT2D eigenvalue weighted by Crippen LogP contribution is 1.98. The van der Waals surface area contributed by atoms with Gasteiger partial charge in [0.25, 0.3) is 0 Å². The number of hydrogen-bond donors (Lipinski definition) is 2. The Hall–Kier alpha value is -2.31. The SMILES string of the molecule is O=C(O)CN(CCNCCc1ccccn1)CCc1ccccn1. The molecular weight excluding hydrogens is 304 g/mol. The molecule has 128 valence electrons. The summed E-state index contributed by atoms with van der Waals surface area (Å²) in [7, 11) is 0. The number of carbonyl (C=O) groups is 1. The molecule has 0 saturated carbocycles. The summed E-state index contributed by atoms with van der Waals surface area (Å²) in [5, 5.41) is 12.4. The maximum absolute atomic E-state index is 11.0. The third-order valence-electron chi connectivity index (χ3n) is 3.66. The number of hydrogen-bond acceptors (Lipinski definition) is 5. The van der Waals surface area contributed by atoms with Gasteiger partial charge in [0.15, 0.2) is 0 Å². The van der Waals surface area contributed by atoms with Gasteiger partial charge in [-0.15, -0.1) is 0 Å². The number of aromatic nitrogens is 2. The second-order valence-electron chi connectivity index (χ2n) is 5.56. The topological polar surface area (TPSA) is 78.4 Å². The van der Waals surface area contributed by atoms with E-state index in [1.807, 2.05) is 41.3 Å². The zero-order valence-corrected chi connectivity index (χ0v) is 13.8. The van der Waals surface area contributed by atoms with Gasteiger partial charge in [0.2, 0.25) is 0 Å². The molecule has 0 aliphatic heterocycles. The van der Waals surface area contributed by atoms with Crippen molar-refractivity contribution >= 4 is 5.97 Å². The van der Waals surface area contributed by atoms with Crippen molar-refractivity contribution in [1.82, 2.24) is 20.2 Å². The first-order valence-corrected chi connectivity index (χ1v) is 8.19. The summed E-state index contributed by atoms with van der Waals surface area (Å²) in [4.78, 5) is 21.5. The van der Waals surface area contributed by atoms with Crippen LogP contribution in [0.5, 0.6) is 0 Å². The van der Waals surface area contributed by atoms with E-state index in [1.54, 1.807) is 12.4 Å². The minimum absolute atomic E-state index is 0.0504. The van der Waals surface area contributed by atoms with Gasteiger partial charge in [0, 0.05) is 62.8 Å². The lowest BCUT2D eigenvalue weighted by molar-refractivity contribution is -0.138. The molecule has 0 spiro atoms. The summed E-state index contributed by atoms with van der Waals surface area (Å²) in [5.74, 6) is -0.801. The lowest BCUT2D eigenvalue weighted by atomic mass is 10.2. The summed E-state index contributed by atoms with van der Waals surface area (Å²) in [5.41, 5.74) is 2.04. The fourth-order valence-electron chi connectivity index (χ4n) is 2.40. The molecule has 0 bridgehead atoms. The van der Waals surface area contributed by atoms with Gasteiger partial charge in [0.05, 0.1) is 6.54 Å². The average molecular weight is 328 g/mol. The molecule has 0 saturated heterocycles. The van der Waals surface area contributed by atoms with Crippen LogP contribution >= 0.6 is 0 Å². The number of rotatable bonds is 11. The van der Waals surface area contributed by atoms with E-state index in [4.69, 9.17) is 5.11 Å². The van der Waals surface area contributed by atoms with E-state index in [2.05, 4.69) is 15.3 Å². The lowest BCUT2D eigenvalue weighted by Gasteiger charge is -2.20. The van der Waals surface area contributed by atoms with Crippen molar-refractivity contribution < 1.29 is 9.90 Å². The van der Waals surface area contributed by atoms with Gasteiger partial charge in [0.1, 0.15) is 0 Å². The van der Waals surface area contributed by atoms with E-state index < -0.39 is 5.97 Å². The van der Waals surface area contributed by atoms with Crippen molar-refractivity contribution in [3.8, 4) is 0 Å². The average Bonchev–Trinajstić information content (AvgIpc) is 2.60. The first-order valence-electron chi connectivity index (χ1n) is 8.19. The van der Waals surface area contributed by atoms with Gasteiger partial charge in [-0.1, -0.05) is 12.1 Å². The zero-order chi connectivity index (χ0) is 17.0. The van der Waals surface area contributed by atoms with E-state index >= 15 is 0 Å². The molecule has 2 aromatic rings. The highest BCUT2D eigenvalue weighted by atomic mass is 16.4. The molecule has 0 fully saturated rings. The molecule has 2 aromatic heterocycles. The van der Waals surface area contributed by atoms with Crippen molar-refractivity contribution in [3.63, 3.8) is 0 Å². The van der Waals surface area contributed by atoms with E-state index in [-0.39, 0.29) is 6.54 Å². The first kappa shape index (κ1) is 18.0. The minimum Gasteiger partial charge on any atom is -0.480 e. The Kier molecular flexibility index (Phi) is 7.86. The number of aliphatic carboxylic acids is 1. The summed E-state index contributed by atoms with van der Waals surface area (Å²) >= 11 is 0. The van der Waals surface area contributed by atoms with E-state index in [0.717, 1.165) is 37.3 Å². The van der Waals surface area contributed by atoms with Crippen molar-refractivity contribution in [2.24, 2.45) is 0 Å². The first-order chi connectivity index (χ1) is 11.7. The fraction of sp³-hybridized carbons (Fsp3) is 0.389. The van der Waals surface area contributed by atoms with Gasteiger partial charge >= 0.3 is 5.97 Å². The monoisotopic (exact) mass is 328 g/mol. The third-order valence-corrected chi connectivity index (χ3v) is 3.66. The summed E-state index contributed by atoms with van der Waals surface area (Å²) in [6, 6.07) is 11.7. The maximum atomic E-state index is 11.0. The largest absolute Gasteiger partial charge is 0.480 e. The van der Waals surface area contributed by atoms with Crippen LogP contribution in [0.25, 0.3) is 0 Å². The van der Waals surface area contributed by atoms with Crippen LogP contribution in [0, 0.1) is 0 Å². The van der Waals surface area contributed by atoms with Crippen molar-refractivity contribution in [2.45, 2.75) is 12.8 Å². The molecule has 0 radical (unpaired) electrons. The second kappa shape index (κ2) is 10.5. The van der Waals surface area contributed by atoms with Gasteiger partial charge in [-0.2, -0.15) is 0 Å². The van der Waals surface area contributed by atoms with Crippen LogP contribution < -0.4 is 5.32 Å². The maximum Gasteiger partial charge on any atom is 0.317 e. The molecule has 0 aromatic carbocycles. The smallest absolute Gasteiger partial charge is 0.317 e. The van der Waals surface area contributed by atoms with Gasteiger partial charge in [-0.3, -0.25) is 19.7 Å². The molecule has 6 heteroatoms. The Bertz CT molecular complexity index is 592. The van der Waals surface area contributed by atoms with Crippen LogP contribution in [0.2, 0.25) is 0 Å². The van der Waals surface area contributed by atoms with E-state index in [9.17, 15) is 4.79 Å². The van der Waals surface area contributed by atoms with Crippen molar-refractivity contribution in [2.75, 3.05) is 32.7 Å². The van der Waals surface area contributed by atoms with Gasteiger partial charge in [-0.05, 0) is 24.3 Å². The molecule has 2 rings (SSSR count). The molecule has 6 nitrogen and oxygen atoms in total. The molecule has 0 aliphatic carbocycles. The number of nitrogens with one attached hydrogen (secondary N) is 1. The molecule has 0 amide bonds. The number of carboxylic acid groups (broad SMARTS) is 1. The van der Waals surface area contributed by atoms with Gasteiger partial charge < -0.3 is 10.4 Å². The molecule has 0 atom stereocenters. The predicted molar refractivity (Wildman–Crippen MR) is 92.8 cm³/mol. The normalized spacial score (nSPS) is 10.9. The molecule has 0 unspecified atom stereocenters. The Morgan fingerprint density at radius 1 is 0.958 bits per heavy atom. The predicted octanol–water partition coefficient (Wildman–Crippen LogP) is 1.24. The van der Waals surface area contributed by atoms with E-state index in [1.165, 1.54) is 0 Å². The summed E-state index contributed by atoms with van der Waals surface area (Å²) < 4.78 is 0. The summed E-state index contributed by atoms with van der Waals surface area (Å²) in [6.07, 6.45) is 5.17. The van der Waals surface area contributed by atoms with Crippen LogP contribution in [0.3, 0.4) is 0 Å². The van der Waals surface area contributed by atoms with Crippen LogP contribution in [-0.2, 0) is 17.6 Å². The molecule has 24 heavy (non-hydrogen) atoms. The lowest BCUT2D eigenvalue weighted by Crippen LogP contribution is -2.37. The highest BCUT2D eigenvalue weighted by Gasteiger charge is 2.09. The Morgan fingerprint density at radius 3 is 2.21 bits per heavy atom. The minimum atomic E-state index is -0.801. The van der Waals surface area contributed by atoms with Crippen molar-refractivity contribution in [1.29, 1.82) is 0 Å². The molecule has 0 aliphatic rings. The Balaban J connectivity index is 1.67. The highest BCUT2D eigenvalue weighted by molar-refractivity contribution is 5.69. The number of pyridine rings is 2. The van der Waals surface area contributed by atoms with Gasteiger partial charge in [-0.25, -0.2) is 0 Å². The molecular formula is C18H24N4O2.